The van der Waals surface area contributed by atoms with Gasteiger partial charge in [0.25, 0.3) is 5.91 Å². The molecule has 3 N–H and O–H groups in total. The summed E-state index contributed by atoms with van der Waals surface area (Å²) in [4.78, 5) is 15.8. The average molecular weight is 509 g/mol. The summed E-state index contributed by atoms with van der Waals surface area (Å²) in [5.74, 6) is -0.496. The number of aromatic nitrogens is 1. The van der Waals surface area contributed by atoms with E-state index in [4.69, 9.17) is 5.26 Å². The molecular formula is C24H20N4O5S2. The molecule has 0 fully saturated rings. The molecule has 1 heterocycles. The van der Waals surface area contributed by atoms with Gasteiger partial charge in [0.1, 0.15) is 5.69 Å². The smallest absolute Gasteiger partial charge is 0.272 e. The van der Waals surface area contributed by atoms with Gasteiger partial charge in [-0.05, 0) is 54.1 Å². The molecule has 178 valence electrons. The van der Waals surface area contributed by atoms with Gasteiger partial charge in [-0.25, -0.2) is 16.8 Å². The number of fused-ring (bicyclic) bond motifs is 1. The first-order valence-electron chi connectivity index (χ1n) is 10.3. The number of benzene rings is 3. The van der Waals surface area contributed by atoms with Crippen LogP contribution in [-0.4, -0.2) is 34.0 Å². The number of nitriles is 1. The van der Waals surface area contributed by atoms with Gasteiger partial charge in [0.05, 0.1) is 34.2 Å². The third-order valence-corrected chi connectivity index (χ3v) is 7.42. The van der Waals surface area contributed by atoms with Crippen molar-refractivity contribution in [2.75, 3.05) is 16.3 Å². The third-order valence-electron chi connectivity index (χ3n) is 5.06. The maximum absolute atomic E-state index is 13.1. The van der Waals surface area contributed by atoms with Gasteiger partial charge in [0, 0.05) is 16.6 Å². The van der Waals surface area contributed by atoms with E-state index in [0.29, 0.717) is 22.2 Å². The Morgan fingerprint density at radius 2 is 1.63 bits per heavy atom. The van der Waals surface area contributed by atoms with Gasteiger partial charge in [-0.3, -0.25) is 9.52 Å². The van der Waals surface area contributed by atoms with E-state index >= 15 is 0 Å². The van der Waals surface area contributed by atoms with Crippen LogP contribution in [0.3, 0.4) is 0 Å². The molecule has 0 saturated carbocycles. The summed E-state index contributed by atoms with van der Waals surface area (Å²) in [7, 11) is -7.31. The molecule has 4 aromatic rings. The molecule has 4 rings (SSSR count). The normalized spacial score (nSPS) is 11.7. The predicted octanol–water partition coefficient (Wildman–Crippen LogP) is 3.69. The second-order valence-electron chi connectivity index (χ2n) is 7.83. The minimum Gasteiger partial charge on any atom is -0.350 e. The fourth-order valence-electron chi connectivity index (χ4n) is 3.52. The van der Waals surface area contributed by atoms with E-state index in [1.54, 1.807) is 42.5 Å². The van der Waals surface area contributed by atoms with E-state index in [2.05, 4.69) is 15.0 Å². The molecule has 0 atom stereocenters. The first kappa shape index (κ1) is 24.0. The largest absolute Gasteiger partial charge is 0.350 e. The van der Waals surface area contributed by atoms with Crippen LogP contribution in [0.4, 0.5) is 11.4 Å². The van der Waals surface area contributed by atoms with Crippen molar-refractivity contribution in [3.05, 3.63) is 84.1 Å². The van der Waals surface area contributed by atoms with E-state index in [1.165, 1.54) is 30.3 Å². The zero-order valence-electron chi connectivity index (χ0n) is 18.4. The summed E-state index contributed by atoms with van der Waals surface area (Å²) >= 11 is 0. The van der Waals surface area contributed by atoms with Gasteiger partial charge in [-0.15, -0.1) is 0 Å². The van der Waals surface area contributed by atoms with Crippen LogP contribution >= 0.6 is 0 Å². The topological polar surface area (TPSA) is 149 Å². The minimum absolute atomic E-state index is 0.00227. The summed E-state index contributed by atoms with van der Waals surface area (Å²) in [6.45, 7) is 0. The van der Waals surface area contributed by atoms with Gasteiger partial charge >= 0.3 is 0 Å². The Balaban J connectivity index is 1.58. The SMILES string of the molecule is CS(=O)(=O)Nc1ccc2cc(C(=O)Nc3cccc(S(=O)(=O)c4cccc(CC#N)c4)c3)[nH]c2c1. The summed E-state index contributed by atoms with van der Waals surface area (Å²) in [5, 5.41) is 12.3. The molecule has 0 aliphatic carbocycles. The van der Waals surface area contributed by atoms with Crippen molar-refractivity contribution in [3.63, 3.8) is 0 Å². The highest BCUT2D eigenvalue weighted by Crippen LogP contribution is 2.25. The highest BCUT2D eigenvalue weighted by Gasteiger charge is 2.19. The number of hydrogen-bond acceptors (Lipinski definition) is 6. The molecule has 0 aliphatic heterocycles. The quantitative estimate of drug-likeness (QED) is 0.347. The molecule has 11 heteroatoms. The van der Waals surface area contributed by atoms with Gasteiger partial charge in [0.2, 0.25) is 19.9 Å². The summed E-state index contributed by atoms with van der Waals surface area (Å²) in [5.41, 5.74) is 1.99. The molecule has 35 heavy (non-hydrogen) atoms. The number of H-pyrrole nitrogens is 1. The number of nitrogens with zero attached hydrogens (tertiary/aromatic N) is 1. The van der Waals surface area contributed by atoms with Crippen LogP contribution in [0.15, 0.2) is 82.6 Å². The summed E-state index contributed by atoms with van der Waals surface area (Å²) in [6, 6.07) is 20.5. The number of sulfone groups is 1. The molecular weight excluding hydrogens is 488 g/mol. The highest BCUT2D eigenvalue weighted by molar-refractivity contribution is 7.92. The number of sulfonamides is 1. The lowest BCUT2D eigenvalue weighted by atomic mass is 10.2. The molecule has 0 spiro atoms. The Hall–Kier alpha value is -4.14. The van der Waals surface area contributed by atoms with Gasteiger partial charge in [-0.2, -0.15) is 5.26 Å². The van der Waals surface area contributed by atoms with Crippen LogP contribution < -0.4 is 10.0 Å². The lowest BCUT2D eigenvalue weighted by Gasteiger charge is -2.09. The number of carbonyl (C=O) groups excluding carboxylic acids is 1. The molecule has 0 radical (unpaired) electrons. The number of hydrogen-bond donors (Lipinski definition) is 3. The molecule has 0 bridgehead atoms. The first-order chi connectivity index (χ1) is 16.5. The number of anilines is 2. The average Bonchev–Trinajstić information content (AvgIpc) is 3.22. The predicted molar refractivity (Wildman–Crippen MR) is 132 cm³/mol. The standard InChI is InChI=1S/C24H20N4O5S2/c1-34(30,31)28-19-9-8-17-13-23(27-22(17)15-19)24(29)26-18-5-3-7-21(14-18)35(32,33)20-6-2-4-16(12-20)10-11-25/h2-9,12-15,27-28H,10H2,1H3,(H,26,29). The third kappa shape index (κ3) is 5.51. The van der Waals surface area contributed by atoms with Crippen molar-refractivity contribution >= 4 is 48.0 Å². The fourth-order valence-corrected chi connectivity index (χ4v) is 5.45. The number of rotatable bonds is 7. The second-order valence-corrected chi connectivity index (χ2v) is 11.5. The van der Waals surface area contributed by atoms with Crippen LogP contribution in [0.5, 0.6) is 0 Å². The molecule has 0 saturated heterocycles. The first-order valence-corrected chi connectivity index (χ1v) is 13.7. The van der Waals surface area contributed by atoms with E-state index in [9.17, 15) is 21.6 Å². The Bertz CT molecular complexity index is 1700. The number of aromatic amines is 1. The fraction of sp³-hybridized carbons (Fsp3) is 0.0833. The van der Waals surface area contributed by atoms with E-state index in [1.807, 2.05) is 6.07 Å². The number of nitrogens with one attached hydrogen (secondary N) is 3. The van der Waals surface area contributed by atoms with Crippen LogP contribution in [0, 0.1) is 11.3 Å². The van der Waals surface area contributed by atoms with Gasteiger partial charge in [-0.1, -0.05) is 24.3 Å². The Morgan fingerprint density at radius 1 is 0.914 bits per heavy atom. The van der Waals surface area contributed by atoms with Gasteiger partial charge < -0.3 is 10.3 Å². The van der Waals surface area contributed by atoms with Crippen LogP contribution in [-0.2, 0) is 26.3 Å². The molecule has 3 aromatic carbocycles. The Labute approximate surface area is 202 Å². The van der Waals surface area contributed by atoms with Crippen molar-refractivity contribution in [1.82, 2.24) is 4.98 Å². The lowest BCUT2D eigenvalue weighted by Crippen LogP contribution is -2.13. The lowest BCUT2D eigenvalue weighted by molar-refractivity contribution is 0.102. The molecule has 9 nitrogen and oxygen atoms in total. The van der Waals surface area contributed by atoms with Crippen LogP contribution in [0.25, 0.3) is 10.9 Å². The summed E-state index contributed by atoms with van der Waals surface area (Å²) in [6.07, 6.45) is 1.14. The van der Waals surface area contributed by atoms with Crippen molar-refractivity contribution < 1.29 is 21.6 Å². The maximum Gasteiger partial charge on any atom is 0.272 e. The summed E-state index contributed by atoms with van der Waals surface area (Å²) < 4.78 is 51.5. The van der Waals surface area contributed by atoms with Crippen molar-refractivity contribution in [2.24, 2.45) is 0 Å². The molecule has 0 aliphatic rings. The van der Waals surface area contributed by atoms with Crippen LogP contribution in [0.1, 0.15) is 16.1 Å². The second kappa shape index (κ2) is 9.25. The van der Waals surface area contributed by atoms with Crippen LogP contribution in [0.2, 0.25) is 0 Å². The van der Waals surface area contributed by atoms with E-state index in [0.717, 1.165) is 6.26 Å². The molecule has 0 unspecified atom stereocenters. The van der Waals surface area contributed by atoms with Crippen molar-refractivity contribution in [3.8, 4) is 6.07 Å². The number of amides is 1. The zero-order chi connectivity index (χ0) is 25.2. The van der Waals surface area contributed by atoms with Crippen molar-refractivity contribution in [2.45, 2.75) is 16.2 Å². The van der Waals surface area contributed by atoms with E-state index in [-0.39, 0.29) is 27.6 Å². The maximum atomic E-state index is 13.1. The molecule has 1 aromatic heterocycles. The van der Waals surface area contributed by atoms with E-state index < -0.39 is 25.8 Å². The highest BCUT2D eigenvalue weighted by atomic mass is 32.2. The van der Waals surface area contributed by atoms with Gasteiger partial charge in [0.15, 0.2) is 0 Å². The Kier molecular flexibility index (Phi) is 6.34. The minimum atomic E-state index is -3.87. The Morgan fingerprint density at radius 3 is 2.34 bits per heavy atom. The molecule has 1 amide bonds. The van der Waals surface area contributed by atoms with Crippen molar-refractivity contribution in [1.29, 1.82) is 5.26 Å². The zero-order valence-corrected chi connectivity index (χ0v) is 20.1. The number of carbonyl (C=O) groups is 1. The monoisotopic (exact) mass is 508 g/mol.